The van der Waals surface area contributed by atoms with Crippen molar-refractivity contribution in [3.05, 3.63) is 58.4 Å². The first kappa shape index (κ1) is 19.4. The van der Waals surface area contributed by atoms with E-state index in [0.717, 1.165) is 10.7 Å². The molecule has 2 aromatic rings. The molecule has 0 spiro atoms. The van der Waals surface area contributed by atoms with E-state index >= 15 is 0 Å². The Morgan fingerprint density at radius 2 is 1.78 bits per heavy atom. The van der Waals surface area contributed by atoms with E-state index in [9.17, 15) is 12.8 Å². The van der Waals surface area contributed by atoms with E-state index in [4.69, 9.17) is 21.1 Å². The average Bonchev–Trinajstić information content (AvgIpc) is 3.09. The van der Waals surface area contributed by atoms with Crippen molar-refractivity contribution < 1.29 is 22.3 Å². The minimum Gasteiger partial charge on any atom is -0.497 e. The summed E-state index contributed by atoms with van der Waals surface area (Å²) in [5.74, 6) is 0.497. The summed E-state index contributed by atoms with van der Waals surface area (Å²) in [4.78, 5) is 0. The van der Waals surface area contributed by atoms with Gasteiger partial charge >= 0.3 is 0 Å². The zero-order chi connectivity index (χ0) is 19.8. The Morgan fingerprint density at radius 3 is 2.30 bits per heavy atom. The standard InChI is InChI=1S/C18H18ClFN2O4S/c1-25-13-6-12(7-14(9-13)26-2)17-10-18(22(21-17)27(3,23)24)11-4-5-15(19)16(20)8-11/h4-9,18H,10H2,1-3H3. The van der Waals surface area contributed by atoms with Crippen molar-refractivity contribution in [2.75, 3.05) is 20.5 Å². The monoisotopic (exact) mass is 412 g/mol. The number of hydrazone groups is 1. The SMILES string of the molecule is COc1cc(OC)cc(C2=NN(S(C)(=O)=O)C(c3ccc(Cl)c(F)c3)C2)c1. The third-order valence-electron chi connectivity index (χ3n) is 4.23. The third-order valence-corrected chi connectivity index (χ3v) is 5.55. The molecule has 9 heteroatoms. The number of nitrogens with zero attached hydrogens (tertiary/aromatic N) is 2. The molecule has 1 atom stereocenters. The van der Waals surface area contributed by atoms with Gasteiger partial charge in [-0.1, -0.05) is 17.7 Å². The first-order valence-corrected chi connectivity index (χ1v) is 10.2. The summed E-state index contributed by atoms with van der Waals surface area (Å²) < 4.78 is 49.9. The molecule has 0 radical (unpaired) electrons. The molecule has 0 saturated heterocycles. The smallest absolute Gasteiger partial charge is 0.247 e. The number of sulfonamides is 1. The predicted molar refractivity (Wildman–Crippen MR) is 102 cm³/mol. The first-order chi connectivity index (χ1) is 12.7. The van der Waals surface area contributed by atoms with E-state index < -0.39 is 21.9 Å². The van der Waals surface area contributed by atoms with Crippen molar-refractivity contribution in [1.29, 1.82) is 0 Å². The van der Waals surface area contributed by atoms with Gasteiger partial charge in [0, 0.05) is 18.1 Å². The summed E-state index contributed by atoms with van der Waals surface area (Å²) in [5.41, 5.74) is 1.66. The fourth-order valence-electron chi connectivity index (χ4n) is 2.91. The molecule has 3 rings (SSSR count). The minimum absolute atomic E-state index is 0.0265. The van der Waals surface area contributed by atoms with Gasteiger partial charge in [0.15, 0.2) is 0 Å². The Morgan fingerprint density at radius 1 is 1.15 bits per heavy atom. The molecule has 0 aliphatic carbocycles. The summed E-state index contributed by atoms with van der Waals surface area (Å²) >= 11 is 5.74. The lowest BCUT2D eigenvalue weighted by Crippen LogP contribution is -2.26. The molecule has 1 heterocycles. The van der Waals surface area contributed by atoms with Crippen molar-refractivity contribution in [1.82, 2.24) is 4.41 Å². The molecule has 144 valence electrons. The lowest BCUT2D eigenvalue weighted by atomic mass is 9.99. The maximum absolute atomic E-state index is 13.9. The van der Waals surface area contributed by atoms with Crippen LogP contribution in [-0.4, -0.2) is 39.0 Å². The highest BCUT2D eigenvalue weighted by atomic mass is 35.5. The molecular weight excluding hydrogens is 395 g/mol. The van der Waals surface area contributed by atoms with Gasteiger partial charge in [0.2, 0.25) is 10.0 Å². The molecule has 0 saturated carbocycles. The summed E-state index contributed by atoms with van der Waals surface area (Å²) in [6.45, 7) is 0. The number of benzene rings is 2. The van der Waals surface area contributed by atoms with Gasteiger partial charge in [-0.2, -0.15) is 9.52 Å². The number of rotatable bonds is 5. The Bertz CT molecular complexity index is 988. The van der Waals surface area contributed by atoms with Gasteiger partial charge in [-0.15, -0.1) is 0 Å². The number of halogens is 2. The number of hydrogen-bond acceptors (Lipinski definition) is 5. The minimum atomic E-state index is -3.67. The summed E-state index contributed by atoms with van der Waals surface area (Å²) in [5, 5.41) is 4.26. The van der Waals surface area contributed by atoms with Crippen LogP contribution in [0.3, 0.4) is 0 Å². The van der Waals surface area contributed by atoms with Crippen molar-refractivity contribution in [2.45, 2.75) is 12.5 Å². The van der Waals surface area contributed by atoms with Crippen LogP contribution in [0, 0.1) is 5.82 Å². The predicted octanol–water partition coefficient (Wildman–Crippen LogP) is 3.61. The van der Waals surface area contributed by atoms with Gasteiger partial charge in [-0.05, 0) is 29.8 Å². The third kappa shape index (κ3) is 4.01. The molecule has 1 unspecified atom stereocenters. The van der Waals surface area contributed by atoms with Crippen LogP contribution in [0.4, 0.5) is 4.39 Å². The van der Waals surface area contributed by atoms with E-state index in [1.54, 1.807) is 24.3 Å². The zero-order valence-corrected chi connectivity index (χ0v) is 16.5. The summed E-state index contributed by atoms with van der Waals surface area (Å²) in [6.07, 6.45) is 1.33. The van der Waals surface area contributed by atoms with Crippen LogP contribution in [0.1, 0.15) is 23.6 Å². The highest BCUT2D eigenvalue weighted by molar-refractivity contribution is 7.88. The molecule has 1 aliphatic rings. The normalized spacial score (nSPS) is 17.0. The highest BCUT2D eigenvalue weighted by Gasteiger charge is 2.35. The largest absolute Gasteiger partial charge is 0.497 e. The molecule has 0 aromatic heterocycles. The lowest BCUT2D eigenvalue weighted by Gasteiger charge is -2.21. The molecular formula is C18H18ClFN2O4S. The van der Waals surface area contributed by atoms with Crippen LogP contribution in [-0.2, 0) is 10.0 Å². The van der Waals surface area contributed by atoms with E-state index in [-0.39, 0.29) is 11.4 Å². The first-order valence-electron chi connectivity index (χ1n) is 7.98. The Balaban J connectivity index is 2.05. The second kappa shape index (κ2) is 7.36. The van der Waals surface area contributed by atoms with Gasteiger partial charge in [-0.25, -0.2) is 12.8 Å². The fourth-order valence-corrected chi connectivity index (χ4v) is 3.93. The number of hydrogen-bond donors (Lipinski definition) is 0. The molecule has 6 nitrogen and oxygen atoms in total. The Hall–Kier alpha value is -2.32. The maximum atomic E-state index is 13.9. The Labute approximate surface area is 162 Å². The fraction of sp³-hybridized carbons (Fsp3) is 0.278. The van der Waals surface area contributed by atoms with Crippen LogP contribution in [0.25, 0.3) is 0 Å². The van der Waals surface area contributed by atoms with E-state index in [1.165, 1.54) is 26.4 Å². The van der Waals surface area contributed by atoms with Crippen molar-refractivity contribution in [2.24, 2.45) is 5.10 Å². The van der Waals surface area contributed by atoms with E-state index in [0.29, 0.717) is 28.3 Å². The molecule has 0 bridgehead atoms. The average molecular weight is 413 g/mol. The summed E-state index contributed by atoms with van der Waals surface area (Å²) in [6, 6.07) is 8.76. The molecule has 27 heavy (non-hydrogen) atoms. The van der Waals surface area contributed by atoms with Gasteiger partial charge in [-0.3, -0.25) is 0 Å². The Kier molecular flexibility index (Phi) is 5.30. The number of methoxy groups -OCH3 is 2. The topological polar surface area (TPSA) is 68.2 Å². The zero-order valence-electron chi connectivity index (χ0n) is 14.9. The van der Waals surface area contributed by atoms with Crippen LogP contribution < -0.4 is 9.47 Å². The van der Waals surface area contributed by atoms with E-state index in [2.05, 4.69) is 5.10 Å². The molecule has 0 amide bonds. The van der Waals surface area contributed by atoms with Crippen molar-refractivity contribution in [3.63, 3.8) is 0 Å². The maximum Gasteiger partial charge on any atom is 0.247 e. The second-order valence-electron chi connectivity index (χ2n) is 6.08. The van der Waals surface area contributed by atoms with Gasteiger partial charge in [0.1, 0.15) is 17.3 Å². The molecule has 1 aliphatic heterocycles. The van der Waals surface area contributed by atoms with Gasteiger partial charge in [0.05, 0.1) is 37.3 Å². The summed E-state index contributed by atoms with van der Waals surface area (Å²) in [7, 11) is -0.617. The van der Waals surface area contributed by atoms with Crippen LogP contribution >= 0.6 is 11.6 Å². The highest BCUT2D eigenvalue weighted by Crippen LogP contribution is 2.37. The van der Waals surface area contributed by atoms with Crippen LogP contribution in [0.5, 0.6) is 11.5 Å². The van der Waals surface area contributed by atoms with Gasteiger partial charge in [0.25, 0.3) is 0 Å². The molecule has 2 aromatic carbocycles. The van der Waals surface area contributed by atoms with Crippen LogP contribution in [0.2, 0.25) is 5.02 Å². The number of ether oxygens (including phenoxy) is 2. The quantitative estimate of drug-likeness (QED) is 0.752. The van der Waals surface area contributed by atoms with Crippen molar-refractivity contribution >= 4 is 27.3 Å². The lowest BCUT2D eigenvalue weighted by molar-refractivity contribution is 0.373. The molecule has 0 fully saturated rings. The molecule has 0 N–H and O–H groups in total. The second-order valence-corrected chi connectivity index (χ2v) is 8.32. The van der Waals surface area contributed by atoms with E-state index in [1.807, 2.05) is 0 Å². The van der Waals surface area contributed by atoms with Crippen molar-refractivity contribution in [3.8, 4) is 11.5 Å². The van der Waals surface area contributed by atoms with Crippen LogP contribution in [0.15, 0.2) is 41.5 Å². The van der Waals surface area contributed by atoms with Gasteiger partial charge < -0.3 is 9.47 Å².